The van der Waals surface area contributed by atoms with Crippen molar-refractivity contribution in [2.75, 3.05) is 18.4 Å². The van der Waals surface area contributed by atoms with Gasteiger partial charge in [-0.3, -0.25) is 4.79 Å². The molecule has 1 aromatic carbocycles. The van der Waals surface area contributed by atoms with Gasteiger partial charge in [-0.25, -0.2) is 8.78 Å². The van der Waals surface area contributed by atoms with Crippen molar-refractivity contribution < 1.29 is 13.6 Å². The van der Waals surface area contributed by atoms with Crippen LogP contribution in [0.1, 0.15) is 12.8 Å². The smallest absolute Gasteiger partial charge is 0.228 e. The average molecular weight is 240 g/mol. The molecule has 5 heteroatoms. The highest BCUT2D eigenvalue weighted by molar-refractivity contribution is 5.92. The highest BCUT2D eigenvalue weighted by atomic mass is 19.2. The summed E-state index contributed by atoms with van der Waals surface area (Å²) in [5, 5.41) is 5.72. The number of halogens is 2. The molecule has 0 saturated carbocycles. The quantitative estimate of drug-likeness (QED) is 0.829. The molecule has 1 atom stereocenters. The molecule has 0 aromatic heterocycles. The zero-order valence-corrected chi connectivity index (χ0v) is 9.30. The third-order valence-electron chi connectivity index (χ3n) is 2.85. The summed E-state index contributed by atoms with van der Waals surface area (Å²) in [6.45, 7) is 1.56. The number of amides is 1. The maximum atomic E-state index is 12.9. The third-order valence-corrected chi connectivity index (χ3v) is 2.85. The lowest BCUT2D eigenvalue weighted by Gasteiger charge is -2.21. The fraction of sp³-hybridized carbons (Fsp3) is 0.417. The van der Waals surface area contributed by atoms with Crippen molar-refractivity contribution >= 4 is 11.6 Å². The summed E-state index contributed by atoms with van der Waals surface area (Å²) in [6, 6.07) is 3.35. The van der Waals surface area contributed by atoms with Gasteiger partial charge < -0.3 is 10.6 Å². The first kappa shape index (κ1) is 12.0. The van der Waals surface area contributed by atoms with Crippen LogP contribution in [0.4, 0.5) is 14.5 Å². The Morgan fingerprint density at radius 1 is 1.35 bits per heavy atom. The van der Waals surface area contributed by atoms with Crippen LogP contribution < -0.4 is 10.6 Å². The van der Waals surface area contributed by atoms with Gasteiger partial charge in [-0.15, -0.1) is 0 Å². The number of carbonyl (C=O) groups is 1. The standard InChI is InChI=1S/C12H14F2N2O/c13-10-4-3-9(6-11(10)14)16-12(17)8-2-1-5-15-7-8/h3-4,6,8,15H,1-2,5,7H2,(H,16,17)/t8-/m1/s1. The van der Waals surface area contributed by atoms with E-state index in [0.717, 1.165) is 31.5 Å². The van der Waals surface area contributed by atoms with E-state index in [9.17, 15) is 13.6 Å². The number of carbonyl (C=O) groups excluding carboxylic acids is 1. The number of hydrogen-bond donors (Lipinski definition) is 2. The van der Waals surface area contributed by atoms with Crippen LogP contribution in [-0.4, -0.2) is 19.0 Å². The first-order chi connectivity index (χ1) is 8.16. The van der Waals surface area contributed by atoms with Crippen molar-refractivity contribution in [1.29, 1.82) is 0 Å². The first-order valence-electron chi connectivity index (χ1n) is 5.63. The number of benzene rings is 1. The summed E-state index contributed by atoms with van der Waals surface area (Å²) in [6.07, 6.45) is 1.78. The van der Waals surface area contributed by atoms with Crippen LogP contribution in [0.2, 0.25) is 0 Å². The Hall–Kier alpha value is -1.49. The van der Waals surface area contributed by atoms with E-state index < -0.39 is 11.6 Å². The Morgan fingerprint density at radius 2 is 2.18 bits per heavy atom. The monoisotopic (exact) mass is 240 g/mol. The second-order valence-electron chi connectivity index (χ2n) is 4.16. The zero-order valence-electron chi connectivity index (χ0n) is 9.30. The van der Waals surface area contributed by atoms with Crippen molar-refractivity contribution in [3.8, 4) is 0 Å². The largest absolute Gasteiger partial charge is 0.326 e. The Balaban J connectivity index is 1.99. The fourth-order valence-corrected chi connectivity index (χ4v) is 1.89. The van der Waals surface area contributed by atoms with E-state index in [0.29, 0.717) is 12.2 Å². The van der Waals surface area contributed by atoms with Crippen molar-refractivity contribution in [2.24, 2.45) is 5.92 Å². The average Bonchev–Trinajstić information content (AvgIpc) is 2.35. The summed E-state index contributed by atoms with van der Waals surface area (Å²) in [4.78, 5) is 11.8. The number of rotatable bonds is 2. The van der Waals surface area contributed by atoms with Crippen LogP contribution in [0.5, 0.6) is 0 Å². The molecule has 0 radical (unpaired) electrons. The molecule has 1 saturated heterocycles. The van der Waals surface area contributed by atoms with Crippen LogP contribution >= 0.6 is 0 Å². The molecule has 3 nitrogen and oxygen atoms in total. The molecule has 1 amide bonds. The van der Waals surface area contributed by atoms with E-state index in [1.54, 1.807) is 0 Å². The molecule has 1 aliphatic rings. The first-order valence-corrected chi connectivity index (χ1v) is 5.63. The predicted octanol–water partition coefficient (Wildman–Crippen LogP) is 1.90. The number of hydrogen-bond acceptors (Lipinski definition) is 2. The van der Waals surface area contributed by atoms with Crippen molar-refractivity contribution in [2.45, 2.75) is 12.8 Å². The molecule has 1 heterocycles. The van der Waals surface area contributed by atoms with Gasteiger partial charge in [-0.1, -0.05) is 0 Å². The zero-order chi connectivity index (χ0) is 12.3. The van der Waals surface area contributed by atoms with E-state index in [1.807, 2.05) is 0 Å². The third kappa shape index (κ3) is 3.00. The summed E-state index contributed by atoms with van der Waals surface area (Å²) in [7, 11) is 0. The highest BCUT2D eigenvalue weighted by Crippen LogP contribution is 2.16. The van der Waals surface area contributed by atoms with Gasteiger partial charge in [0.15, 0.2) is 11.6 Å². The molecule has 0 bridgehead atoms. The minimum absolute atomic E-state index is 0.100. The van der Waals surface area contributed by atoms with Gasteiger partial charge in [0, 0.05) is 18.3 Å². The normalized spacial score (nSPS) is 20.0. The van der Waals surface area contributed by atoms with Gasteiger partial charge in [0.2, 0.25) is 5.91 Å². The summed E-state index contributed by atoms with van der Waals surface area (Å²) >= 11 is 0. The Morgan fingerprint density at radius 3 is 2.82 bits per heavy atom. The molecule has 1 aliphatic heterocycles. The molecular weight excluding hydrogens is 226 g/mol. The van der Waals surface area contributed by atoms with Crippen molar-refractivity contribution in [1.82, 2.24) is 5.32 Å². The molecule has 1 fully saturated rings. The van der Waals surface area contributed by atoms with Crippen molar-refractivity contribution in [3.05, 3.63) is 29.8 Å². The van der Waals surface area contributed by atoms with Crippen LogP contribution in [0, 0.1) is 17.6 Å². The Labute approximate surface area is 98.2 Å². The maximum absolute atomic E-state index is 12.9. The molecule has 0 unspecified atom stereocenters. The lowest BCUT2D eigenvalue weighted by atomic mass is 9.99. The molecule has 0 spiro atoms. The van der Waals surface area contributed by atoms with Gasteiger partial charge in [0.05, 0.1) is 5.92 Å². The molecule has 2 N–H and O–H groups in total. The van der Waals surface area contributed by atoms with Gasteiger partial charge in [0.1, 0.15) is 0 Å². The van der Waals surface area contributed by atoms with Crippen LogP contribution in [0.25, 0.3) is 0 Å². The van der Waals surface area contributed by atoms with E-state index in [1.165, 1.54) is 6.07 Å². The molecule has 92 valence electrons. The summed E-state index contributed by atoms with van der Waals surface area (Å²) in [5.74, 6) is -2.12. The molecular formula is C12H14F2N2O. The Bertz CT molecular complexity index is 417. The topological polar surface area (TPSA) is 41.1 Å². The maximum Gasteiger partial charge on any atom is 0.228 e. The van der Waals surface area contributed by atoms with E-state index in [2.05, 4.69) is 10.6 Å². The SMILES string of the molecule is O=C(Nc1ccc(F)c(F)c1)[C@@H]1CCCNC1. The van der Waals surface area contributed by atoms with Gasteiger partial charge in [0.25, 0.3) is 0 Å². The minimum atomic E-state index is -0.954. The Kier molecular flexibility index (Phi) is 3.68. The second-order valence-corrected chi connectivity index (χ2v) is 4.16. The highest BCUT2D eigenvalue weighted by Gasteiger charge is 2.20. The van der Waals surface area contributed by atoms with Crippen molar-refractivity contribution in [3.63, 3.8) is 0 Å². The molecule has 0 aliphatic carbocycles. The van der Waals surface area contributed by atoms with E-state index in [4.69, 9.17) is 0 Å². The number of piperidine rings is 1. The minimum Gasteiger partial charge on any atom is -0.326 e. The number of anilines is 1. The van der Waals surface area contributed by atoms with E-state index >= 15 is 0 Å². The van der Waals surface area contributed by atoms with Gasteiger partial charge in [-0.2, -0.15) is 0 Å². The fourth-order valence-electron chi connectivity index (χ4n) is 1.89. The molecule has 1 aromatic rings. The lowest BCUT2D eigenvalue weighted by Crippen LogP contribution is -2.37. The lowest BCUT2D eigenvalue weighted by molar-refractivity contribution is -0.120. The van der Waals surface area contributed by atoms with Gasteiger partial charge >= 0.3 is 0 Å². The van der Waals surface area contributed by atoms with Crippen LogP contribution in [0.15, 0.2) is 18.2 Å². The van der Waals surface area contributed by atoms with Gasteiger partial charge in [-0.05, 0) is 31.5 Å². The van der Waals surface area contributed by atoms with Crippen LogP contribution in [-0.2, 0) is 4.79 Å². The molecule has 17 heavy (non-hydrogen) atoms. The summed E-state index contributed by atoms with van der Waals surface area (Å²) in [5.41, 5.74) is 0.291. The van der Waals surface area contributed by atoms with E-state index in [-0.39, 0.29) is 11.8 Å². The summed E-state index contributed by atoms with van der Waals surface area (Å²) < 4.78 is 25.6. The second kappa shape index (κ2) is 5.23. The number of nitrogens with one attached hydrogen (secondary N) is 2. The predicted molar refractivity (Wildman–Crippen MR) is 60.6 cm³/mol. The molecule has 2 rings (SSSR count). The van der Waals surface area contributed by atoms with Crippen LogP contribution in [0.3, 0.4) is 0 Å².